The Hall–Kier alpha value is -0.530. The lowest BCUT2D eigenvalue weighted by molar-refractivity contribution is 0.0301. The number of aliphatic hydroxyl groups excluding tert-OH is 1. The number of ether oxygens (including phenoxy) is 2. The molecule has 0 amide bonds. The van der Waals surface area contributed by atoms with Crippen LogP contribution >= 0.6 is 28.3 Å². The summed E-state index contributed by atoms with van der Waals surface area (Å²) in [6.07, 6.45) is 0. The fourth-order valence-electron chi connectivity index (χ4n) is 3.28. The Morgan fingerprint density at radius 3 is 2.48 bits per heavy atom. The van der Waals surface area contributed by atoms with Crippen LogP contribution in [0.1, 0.15) is 25.5 Å². The third kappa shape index (κ3) is 3.77. The number of fused-ring (bicyclic) bond motifs is 1. The van der Waals surface area contributed by atoms with Crippen LogP contribution in [0.5, 0.6) is 11.5 Å². The molecule has 7 heteroatoms. The largest absolute Gasteiger partial charge is 0.454 e. The first-order chi connectivity index (χ1) is 10.5. The van der Waals surface area contributed by atoms with Crippen molar-refractivity contribution in [2.24, 2.45) is 5.41 Å². The van der Waals surface area contributed by atoms with Crippen LogP contribution in [0, 0.1) is 5.41 Å². The second kappa shape index (κ2) is 7.57. The van der Waals surface area contributed by atoms with Crippen molar-refractivity contribution < 1.29 is 14.6 Å². The summed E-state index contributed by atoms with van der Waals surface area (Å²) in [6.45, 7) is 8.49. The maximum absolute atomic E-state index is 9.93. The molecule has 0 aromatic heterocycles. The summed E-state index contributed by atoms with van der Waals surface area (Å²) >= 11 is 3.68. The van der Waals surface area contributed by atoms with Crippen molar-refractivity contribution in [3.63, 3.8) is 0 Å². The fraction of sp³-hybridized carbons (Fsp3) is 0.625. The Morgan fingerprint density at radius 2 is 1.87 bits per heavy atom. The van der Waals surface area contributed by atoms with E-state index in [1.54, 1.807) is 0 Å². The van der Waals surface area contributed by atoms with Crippen LogP contribution in [0.3, 0.4) is 0 Å². The lowest BCUT2D eigenvalue weighted by atomic mass is 9.79. The van der Waals surface area contributed by atoms with E-state index in [9.17, 15) is 5.11 Å². The molecule has 1 fully saturated rings. The van der Waals surface area contributed by atoms with E-state index in [1.165, 1.54) is 0 Å². The maximum Gasteiger partial charge on any atom is 0.231 e. The number of nitrogens with zero attached hydrogens (tertiary/aromatic N) is 1. The van der Waals surface area contributed by atoms with Gasteiger partial charge < -0.3 is 19.9 Å². The molecule has 1 aromatic rings. The summed E-state index contributed by atoms with van der Waals surface area (Å²) in [4.78, 5) is 2.44. The van der Waals surface area contributed by atoms with E-state index < -0.39 is 0 Å². The summed E-state index contributed by atoms with van der Waals surface area (Å²) in [5.41, 5.74) is 0.887. The molecule has 2 N–H and O–H groups in total. The summed E-state index contributed by atoms with van der Waals surface area (Å²) in [5, 5.41) is 13.3. The lowest BCUT2D eigenvalue weighted by Gasteiger charge is -2.43. The van der Waals surface area contributed by atoms with Gasteiger partial charge in [-0.15, -0.1) is 12.4 Å². The third-order valence-corrected chi connectivity index (χ3v) is 5.14. The molecule has 5 nitrogen and oxygen atoms in total. The highest BCUT2D eigenvalue weighted by Gasteiger charge is 2.37. The minimum absolute atomic E-state index is 0. The van der Waals surface area contributed by atoms with Crippen molar-refractivity contribution in [1.29, 1.82) is 0 Å². The van der Waals surface area contributed by atoms with Gasteiger partial charge in [-0.1, -0.05) is 29.8 Å². The van der Waals surface area contributed by atoms with E-state index in [-0.39, 0.29) is 37.3 Å². The number of piperazine rings is 1. The SMILES string of the molecule is CC(C)(CO)[C@@H](c1cc2c(cc1Br)OCO2)N1CCNCC1.Cl. The van der Waals surface area contributed by atoms with Crippen LogP contribution in [0.15, 0.2) is 16.6 Å². The van der Waals surface area contributed by atoms with Gasteiger partial charge in [-0.05, 0) is 17.7 Å². The third-order valence-electron chi connectivity index (χ3n) is 4.45. The summed E-state index contributed by atoms with van der Waals surface area (Å²) < 4.78 is 12.0. The van der Waals surface area contributed by atoms with E-state index in [0.29, 0.717) is 0 Å². The van der Waals surface area contributed by atoms with Crippen LogP contribution in [0.2, 0.25) is 0 Å². The molecule has 0 bridgehead atoms. The van der Waals surface area contributed by atoms with E-state index in [0.717, 1.165) is 47.7 Å². The number of aliphatic hydroxyl groups is 1. The molecule has 0 unspecified atom stereocenters. The van der Waals surface area contributed by atoms with Gasteiger partial charge in [-0.2, -0.15) is 0 Å². The Morgan fingerprint density at radius 1 is 1.26 bits per heavy atom. The molecule has 23 heavy (non-hydrogen) atoms. The van der Waals surface area contributed by atoms with Gasteiger partial charge in [-0.3, -0.25) is 4.90 Å². The molecular weight excluding hydrogens is 384 g/mol. The van der Waals surface area contributed by atoms with Gasteiger partial charge in [0.25, 0.3) is 0 Å². The van der Waals surface area contributed by atoms with Crippen LogP contribution in [0.4, 0.5) is 0 Å². The predicted molar refractivity (Wildman–Crippen MR) is 95.6 cm³/mol. The zero-order valence-corrected chi connectivity index (χ0v) is 15.9. The minimum Gasteiger partial charge on any atom is -0.454 e. The van der Waals surface area contributed by atoms with Gasteiger partial charge in [0, 0.05) is 48.7 Å². The zero-order chi connectivity index (χ0) is 15.7. The molecule has 130 valence electrons. The Labute approximate surface area is 151 Å². The molecule has 1 saturated heterocycles. The number of rotatable bonds is 4. The summed E-state index contributed by atoms with van der Waals surface area (Å²) in [7, 11) is 0. The summed E-state index contributed by atoms with van der Waals surface area (Å²) in [6, 6.07) is 4.14. The Bertz CT molecular complexity index is 550. The molecule has 2 heterocycles. The van der Waals surface area contributed by atoms with E-state index in [4.69, 9.17) is 9.47 Å². The predicted octanol–water partition coefficient (Wildman–Crippen LogP) is 2.56. The second-order valence-corrected chi connectivity index (χ2v) is 7.42. The standard InChI is InChI=1S/C16H23BrN2O3.ClH/c1-16(2,9-20)15(19-5-3-18-4-6-19)11-7-13-14(8-12(11)17)22-10-21-13;/h7-8,15,18,20H,3-6,9-10H2,1-2H3;1H/t15-;/m1./s1. The molecule has 3 rings (SSSR count). The van der Waals surface area contributed by atoms with E-state index in [1.807, 2.05) is 6.07 Å². The van der Waals surface area contributed by atoms with Gasteiger partial charge in [0.05, 0.1) is 0 Å². The fourth-order valence-corrected chi connectivity index (χ4v) is 3.82. The maximum atomic E-state index is 9.93. The average Bonchev–Trinajstić information content (AvgIpc) is 2.95. The van der Waals surface area contributed by atoms with Crippen molar-refractivity contribution >= 4 is 28.3 Å². The lowest BCUT2D eigenvalue weighted by Crippen LogP contribution is -2.49. The highest BCUT2D eigenvalue weighted by molar-refractivity contribution is 9.10. The Kier molecular flexibility index (Phi) is 6.19. The molecular formula is C16H24BrClN2O3. The van der Waals surface area contributed by atoms with E-state index in [2.05, 4.69) is 46.1 Å². The highest BCUT2D eigenvalue weighted by Crippen LogP contribution is 2.46. The van der Waals surface area contributed by atoms with Gasteiger partial charge in [-0.25, -0.2) is 0 Å². The number of nitrogens with one attached hydrogen (secondary N) is 1. The normalized spacial score (nSPS) is 19.3. The first kappa shape index (κ1) is 18.8. The van der Waals surface area contributed by atoms with Crippen molar-refractivity contribution in [2.45, 2.75) is 19.9 Å². The van der Waals surface area contributed by atoms with Gasteiger partial charge in [0.15, 0.2) is 11.5 Å². The number of hydrogen-bond donors (Lipinski definition) is 2. The smallest absolute Gasteiger partial charge is 0.231 e. The van der Waals surface area contributed by atoms with E-state index >= 15 is 0 Å². The molecule has 0 radical (unpaired) electrons. The van der Waals surface area contributed by atoms with Crippen molar-refractivity contribution in [3.05, 3.63) is 22.2 Å². The van der Waals surface area contributed by atoms with Gasteiger partial charge in [0.2, 0.25) is 6.79 Å². The number of hydrogen-bond acceptors (Lipinski definition) is 5. The van der Waals surface area contributed by atoms with Gasteiger partial charge in [0.1, 0.15) is 0 Å². The highest BCUT2D eigenvalue weighted by atomic mass is 79.9. The molecule has 2 aliphatic rings. The molecule has 2 aliphatic heterocycles. The number of halogens is 2. The van der Waals surface area contributed by atoms with Gasteiger partial charge >= 0.3 is 0 Å². The quantitative estimate of drug-likeness (QED) is 0.803. The first-order valence-electron chi connectivity index (χ1n) is 7.67. The molecule has 0 aliphatic carbocycles. The second-order valence-electron chi connectivity index (χ2n) is 6.56. The van der Waals surface area contributed by atoms with Crippen LogP contribution in [-0.2, 0) is 0 Å². The van der Waals surface area contributed by atoms with Crippen LogP contribution < -0.4 is 14.8 Å². The molecule has 0 spiro atoms. The molecule has 0 saturated carbocycles. The molecule has 1 atom stereocenters. The zero-order valence-electron chi connectivity index (χ0n) is 13.5. The molecule has 1 aromatic carbocycles. The summed E-state index contributed by atoms with van der Waals surface area (Å²) in [5.74, 6) is 1.56. The van der Waals surface area contributed by atoms with Crippen molar-refractivity contribution in [2.75, 3.05) is 39.6 Å². The Balaban J connectivity index is 0.00000192. The number of benzene rings is 1. The topological polar surface area (TPSA) is 54.0 Å². The van der Waals surface area contributed by atoms with Crippen molar-refractivity contribution in [1.82, 2.24) is 10.2 Å². The van der Waals surface area contributed by atoms with Crippen molar-refractivity contribution in [3.8, 4) is 11.5 Å². The average molecular weight is 408 g/mol. The monoisotopic (exact) mass is 406 g/mol. The minimum atomic E-state index is -0.256. The van der Waals surface area contributed by atoms with Crippen LogP contribution in [-0.4, -0.2) is 49.6 Å². The first-order valence-corrected chi connectivity index (χ1v) is 8.47. The van der Waals surface area contributed by atoms with Crippen LogP contribution in [0.25, 0.3) is 0 Å².